The van der Waals surface area contributed by atoms with Gasteiger partial charge in [-0.25, -0.2) is 9.97 Å². The lowest BCUT2D eigenvalue weighted by molar-refractivity contribution is 0.0743. The fourth-order valence-corrected chi connectivity index (χ4v) is 3.36. The Bertz CT molecular complexity index is 1120. The fourth-order valence-electron chi connectivity index (χ4n) is 3.36. The molecule has 0 fully saturated rings. The van der Waals surface area contributed by atoms with Crippen LogP contribution >= 0.6 is 0 Å². The molecule has 0 radical (unpaired) electrons. The van der Waals surface area contributed by atoms with E-state index in [1.807, 2.05) is 59.5 Å². The van der Waals surface area contributed by atoms with Crippen LogP contribution in [-0.2, 0) is 6.54 Å². The molecule has 0 saturated carbocycles. The highest BCUT2D eigenvalue weighted by atomic mass is 16.2. The average Bonchev–Trinajstić information content (AvgIpc) is 3.04. The number of unbranched alkanes of at least 4 members (excludes halogenated alkanes) is 1. The van der Waals surface area contributed by atoms with Crippen LogP contribution < -0.4 is 5.73 Å². The number of carbonyl (C=O) groups is 1. The number of carbonyl (C=O) groups excluding carboxylic acids is 1. The molecule has 2 heterocycles. The summed E-state index contributed by atoms with van der Waals surface area (Å²) in [6.45, 7) is 3.31. The molecule has 0 aliphatic heterocycles. The number of aromatic amines is 1. The van der Waals surface area contributed by atoms with Gasteiger partial charge in [0.15, 0.2) is 5.65 Å². The molecule has 6 nitrogen and oxygen atoms in total. The summed E-state index contributed by atoms with van der Waals surface area (Å²) in [6.07, 6.45) is 1.93. The zero-order chi connectivity index (χ0) is 19.5. The number of nitrogen functional groups attached to an aromatic ring is 1. The second-order valence-electron chi connectivity index (χ2n) is 6.89. The molecule has 0 atom stereocenters. The van der Waals surface area contributed by atoms with Gasteiger partial charge in [-0.1, -0.05) is 55.8 Å². The van der Waals surface area contributed by atoms with Crippen LogP contribution in [0.1, 0.15) is 35.7 Å². The maximum absolute atomic E-state index is 13.4. The van der Waals surface area contributed by atoms with Crippen molar-refractivity contribution < 1.29 is 4.79 Å². The first-order valence-electron chi connectivity index (χ1n) is 9.54. The van der Waals surface area contributed by atoms with Gasteiger partial charge in [0.25, 0.3) is 5.91 Å². The molecule has 142 valence electrons. The molecule has 0 aliphatic carbocycles. The average molecular weight is 373 g/mol. The highest BCUT2D eigenvalue weighted by molar-refractivity contribution is 6.10. The highest BCUT2D eigenvalue weighted by Crippen LogP contribution is 2.26. The maximum atomic E-state index is 13.4. The number of hydrogen-bond acceptors (Lipinski definition) is 4. The Hall–Kier alpha value is -3.41. The van der Waals surface area contributed by atoms with Crippen molar-refractivity contribution in [1.82, 2.24) is 19.9 Å². The third-order valence-corrected chi connectivity index (χ3v) is 4.83. The molecule has 0 saturated heterocycles. The summed E-state index contributed by atoms with van der Waals surface area (Å²) in [4.78, 5) is 27.6. The molecule has 2 aromatic carbocycles. The number of aromatic nitrogens is 3. The maximum Gasteiger partial charge on any atom is 0.260 e. The smallest absolute Gasteiger partial charge is 0.260 e. The van der Waals surface area contributed by atoms with E-state index < -0.39 is 0 Å². The topological polar surface area (TPSA) is 87.9 Å². The van der Waals surface area contributed by atoms with E-state index in [2.05, 4.69) is 21.9 Å². The summed E-state index contributed by atoms with van der Waals surface area (Å²) in [7, 11) is 0. The zero-order valence-corrected chi connectivity index (χ0v) is 15.9. The van der Waals surface area contributed by atoms with Crippen LogP contribution in [0.5, 0.6) is 0 Å². The lowest BCUT2D eigenvalue weighted by Gasteiger charge is -2.22. The number of hydrogen-bond donors (Lipinski definition) is 2. The van der Waals surface area contributed by atoms with Crippen molar-refractivity contribution in [3.05, 3.63) is 65.7 Å². The molecular weight excluding hydrogens is 350 g/mol. The molecule has 1 amide bonds. The number of amides is 1. The van der Waals surface area contributed by atoms with Gasteiger partial charge in [-0.15, -0.1) is 0 Å². The van der Waals surface area contributed by atoms with Crippen molar-refractivity contribution in [2.75, 3.05) is 12.3 Å². The number of rotatable bonds is 6. The van der Waals surface area contributed by atoms with Gasteiger partial charge in [-0.3, -0.25) is 4.79 Å². The summed E-state index contributed by atoms with van der Waals surface area (Å²) in [5.41, 5.74) is 10.3. The molecule has 4 aromatic rings. The monoisotopic (exact) mass is 373 g/mol. The number of nitrogens with zero attached hydrogens (tertiary/aromatic N) is 3. The predicted molar refractivity (Wildman–Crippen MR) is 112 cm³/mol. The van der Waals surface area contributed by atoms with Crippen LogP contribution in [0.15, 0.2) is 54.6 Å². The van der Waals surface area contributed by atoms with Crippen LogP contribution in [0.2, 0.25) is 0 Å². The van der Waals surface area contributed by atoms with Crippen molar-refractivity contribution in [3.63, 3.8) is 0 Å². The molecule has 0 bridgehead atoms. The summed E-state index contributed by atoms with van der Waals surface area (Å²) in [6, 6.07) is 17.6. The third-order valence-electron chi connectivity index (χ3n) is 4.83. The van der Waals surface area contributed by atoms with Crippen LogP contribution in [0.25, 0.3) is 22.2 Å². The van der Waals surface area contributed by atoms with Gasteiger partial charge >= 0.3 is 0 Å². The number of para-hydroxylation sites is 2. The van der Waals surface area contributed by atoms with Crippen LogP contribution in [0.3, 0.4) is 0 Å². The largest absolute Gasteiger partial charge is 0.384 e. The van der Waals surface area contributed by atoms with E-state index in [-0.39, 0.29) is 5.91 Å². The Morgan fingerprint density at radius 1 is 1.04 bits per heavy atom. The molecule has 0 aliphatic rings. The Balaban J connectivity index is 1.76. The Morgan fingerprint density at radius 2 is 1.71 bits per heavy atom. The normalized spacial score (nSPS) is 11.2. The fraction of sp³-hybridized carbons (Fsp3) is 0.227. The number of fused-ring (bicyclic) bond motifs is 2. The SMILES string of the molecule is CCCCN(Cc1ccccc1)C(=O)c1c(N)[nH]c2nc3ccccc3nc12. The summed E-state index contributed by atoms with van der Waals surface area (Å²) in [5.74, 6) is 0.190. The second kappa shape index (κ2) is 7.68. The van der Waals surface area contributed by atoms with Gasteiger partial charge in [0.05, 0.1) is 11.0 Å². The predicted octanol–water partition coefficient (Wildman–Crippen LogP) is 4.14. The number of benzene rings is 2. The standard InChI is InChI=1S/C22H23N5O/c1-2-3-13-27(14-15-9-5-4-6-10-15)22(28)18-19-21(26-20(18)23)25-17-12-8-7-11-16(17)24-19/h4-12H,2-3,13-14,23H2,1H3,(H,25,26). The summed E-state index contributed by atoms with van der Waals surface area (Å²) < 4.78 is 0. The van der Waals surface area contributed by atoms with E-state index in [0.29, 0.717) is 35.6 Å². The molecule has 0 unspecified atom stereocenters. The van der Waals surface area contributed by atoms with Gasteiger partial charge < -0.3 is 15.6 Å². The van der Waals surface area contributed by atoms with Crippen LogP contribution in [0, 0.1) is 0 Å². The van der Waals surface area contributed by atoms with Gasteiger partial charge in [-0.05, 0) is 24.1 Å². The van der Waals surface area contributed by atoms with Crippen LogP contribution in [-0.4, -0.2) is 32.3 Å². The van der Waals surface area contributed by atoms with E-state index in [1.54, 1.807) is 0 Å². The zero-order valence-electron chi connectivity index (χ0n) is 15.9. The first kappa shape index (κ1) is 18.0. The Morgan fingerprint density at radius 3 is 2.43 bits per heavy atom. The minimum atomic E-state index is -0.120. The van der Waals surface area contributed by atoms with Crippen molar-refractivity contribution in [2.45, 2.75) is 26.3 Å². The van der Waals surface area contributed by atoms with E-state index in [1.165, 1.54) is 0 Å². The molecule has 6 heteroatoms. The van der Waals surface area contributed by atoms with Crippen molar-refractivity contribution in [2.24, 2.45) is 0 Å². The van der Waals surface area contributed by atoms with E-state index in [9.17, 15) is 4.79 Å². The second-order valence-corrected chi connectivity index (χ2v) is 6.89. The summed E-state index contributed by atoms with van der Waals surface area (Å²) in [5, 5.41) is 0. The van der Waals surface area contributed by atoms with Gasteiger partial charge in [-0.2, -0.15) is 0 Å². The van der Waals surface area contributed by atoms with Gasteiger partial charge in [0, 0.05) is 13.1 Å². The minimum Gasteiger partial charge on any atom is -0.384 e. The molecule has 4 rings (SSSR count). The quantitative estimate of drug-likeness (QED) is 0.532. The summed E-state index contributed by atoms with van der Waals surface area (Å²) >= 11 is 0. The lowest BCUT2D eigenvalue weighted by atomic mass is 10.1. The minimum absolute atomic E-state index is 0.120. The van der Waals surface area contributed by atoms with Crippen molar-refractivity contribution in [3.8, 4) is 0 Å². The lowest BCUT2D eigenvalue weighted by Crippen LogP contribution is -2.32. The first-order chi connectivity index (χ1) is 13.7. The Labute approximate surface area is 163 Å². The van der Waals surface area contributed by atoms with Crippen molar-refractivity contribution >= 4 is 33.9 Å². The van der Waals surface area contributed by atoms with E-state index in [4.69, 9.17) is 5.73 Å². The number of nitrogens with two attached hydrogens (primary N) is 1. The Kier molecular flexibility index (Phi) is 4.93. The first-order valence-corrected chi connectivity index (χ1v) is 9.54. The molecule has 3 N–H and O–H groups in total. The molecule has 0 spiro atoms. The number of H-pyrrole nitrogens is 1. The molecule has 28 heavy (non-hydrogen) atoms. The number of nitrogens with one attached hydrogen (secondary N) is 1. The van der Waals surface area contributed by atoms with Gasteiger partial charge in [0.2, 0.25) is 0 Å². The van der Waals surface area contributed by atoms with E-state index >= 15 is 0 Å². The highest BCUT2D eigenvalue weighted by Gasteiger charge is 2.24. The number of anilines is 1. The van der Waals surface area contributed by atoms with Crippen LogP contribution in [0.4, 0.5) is 5.82 Å². The molecular formula is C22H23N5O. The van der Waals surface area contributed by atoms with E-state index in [0.717, 1.165) is 29.4 Å². The van der Waals surface area contributed by atoms with Crippen molar-refractivity contribution in [1.29, 1.82) is 0 Å². The van der Waals surface area contributed by atoms with Gasteiger partial charge in [0.1, 0.15) is 16.9 Å². The third kappa shape index (κ3) is 3.41. The molecule has 2 aromatic heterocycles.